The summed E-state index contributed by atoms with van der Waals surface area (Å²) in [5.41, 5.74) is 4.66. The van der Waals surface area contributed by atoms with E-state index in [-0.39, 0.29) is 18.0 Å². The van der Waals surface area contributed by atoms with Crippen LogP contribution in [0.3, 0.4) is 0 Å². The molecule has 4 N–H and O–H groups in total. The van der Waals surface area contributed by atoms with Gasteiger partial charge in [0.25, 0.3) is 0 Å². The molecule has 0 aliphatic carbocycles. The summed E-state index contributed by atoms with van der Waals surface area (Å²) in [5.74, 6) is -3.08. The minimum atomic E-state index is -0.960. The lowest BCUT2D eigenvalue weighted by Crippen LogP contribution is -2.34. The maximum absolute atomic E-state index is 12.1. The van der Waals surface area contributed by atoms with E-state index in [0.717, 1.165) is 11.1 Å². The van der Waals surface area contributed by atoms with Gasteiger partial charge in [-0.15, -0.1) is 0 Å². The standard InChI is InChI=1S/C24H21Cl2N5O5/c1-13-3-4-14(2)20(7-13)30-23(34)24(35)31-28-12-19-6-5-18(36-19)11-27-21(32)22(33)29-17-9-15(25)8-16(26)10-17/h3-10,12H,11H2,1-2H3,(H,27,32)(H,29,33)(H,30,34)(H,31,35)/b28-12+. The maximum Gasteiger partial charge on any atom is 0.329 e. The van der Waals surface area contributed by atoms with Gasteiger partial charge in [-0.3, -0.25) is 19.2 Å². The first-order valence-corrected chi connectivity index (χ1v) is 11.2. The number of hydrazone groups is 1. The van der Waals surface area contributed by atoms with Gasteiger partial charge in [0.05, 0.1) is 12.8 Å². The highest BCUT2D eigenvalue weighted by Gasteiger charge is 2.16. The Morgan fingerprint density at radius 2 is 1.56 bits per heavy atom. The number of benzene rings is 2. The minimum absolute atomic E-state index is 0.0823. The van der Waals surface area contributed by atoms with Gasteiger partial charge in [0.2, 0.25) is 0 Å². The Kier molecular flexibility index (Phi) is 8.82. The zero-order chi connectivity index (χ0) is 26.2. The number of carbonyl (C=O) groups is 4. The van der Waals surface area contributed by atoms with Gasteiger partial charge in [-0.2, -0.15) is 5.10 Å². The molecule has 0 atom stereocenters. The van der Waals surface area contributed by atoms with Crippen LogP contribution in [0.2, 0.25) is 10.0 Å². The Hall–Kier alpha value is -4.15. The van der Waals surface area contributed by atoms with Gasteiger partial charge < -0.3 is 20.4 Å². The Bertz CT molecular complexity index is 1330. The monoisotopic (exact) mass is 529 g/mol. The van der Waals surface area contributed by atoms with Crippen LogP contribution < -0.4 is 21.4 Å². The normalized spacial score (nSPS) is 10.7. The van der Waals surface area contributed by atoms with Crippen LogP contribution in [-0.2, 0) is 25.7 Å². The Morgan fingerprint density at radius 1 is 0.861 bits per heavy atom. The average molecular weight is 530 g/mol. The largest absolute Gasteiger partial charge is 0.458 e. The number of furan rings is 1. The highest BCUT2D eigenvalue weighted by atomic mass is 35.5. The van der Waals surface area contributed by atoms with Gasteiger partial charge in [0, 0.05) is 21.4 Å². The molecular formula is C24H21Cl2N5O5. The van der Waals surface area contributed by atoms with Crippen LogP contribution in [0.5, 0.6) is 0 Å². The molecule has 0 aliphatic heterocycles. The molecule has 0 unspecified atom stereocenters. The molecule has 1 heterocycles. The smallest absolute Gasteiger partial charge is 0.329 e. The fraction of sp³-hybridized carbons (Fsp3) is 0.125. The van der Waals surface area contributed by atoms with E-state index < -0.39 is 23.6 Å². The molecular weight excluding hydrogens is 509 g/mol. The van der Waals surface area contributed by atoms with Gasteiger partial charge in [-0.25, -0.2) is 5.43 Å². The van der Waals surface area contributed by atoms with Crippen molar-refractivity contribution in [3.8, 4) is 0 Å². The molecule has 0 saturated heterocycles. The van der Waals surface area contributed by atoms with Crippen LogP contribution in [0.15, 0.2) is 58.0 Å². The summed E-state index contributed by atoms with van der Waals surface area (Å²) >= 11 is 11.7. The van der Waals surface area contributed by atoms with Crippen LogP contribution in [0.25, 0.3) is 0 Å². The van der Waals surface area contributed by atoms with E-state index in [9.17, 15) is 19.2 Å². The quantitative estimate of drug-likeness (QED) is 0.219. The fourth-order valence-electron chi connectivity index (χ4n) is 2.88. The number of hydrogen-bond acceptors (Lipinski definition) is 6. The summed E-state index contributed by atoms with van der Waals surface area (Å²) in [6.45, 7) is 3.60. The first-order valence-electron chi connectivity index (χ1n) is 10.5. The molecule has 3 aromatic rings. The van der Waals surface area contributed by atoms with Gasteiger partial charge in [0.1, 0.15) is 11.5 Å². The summed E-state index contributed by atoms with van der Waals surface area (Å²) in [6, 6.07) is 12.9. The molecule has 0 aliphatic rings. The number of rotatable bonds is 6. The molecule has 186 valence electrons. The molecule has 10 nitrogen and oxygen atoms in total. The summed E-state index contributed by atoms with van der Waals surface area (Å²) < 4.78 is 5.45. The number of anilines is 2. The van der Waals surface area contributed by atoms with E-state index in [0.29, 0.717) is 21.5 Å². The third-order valence-corrected chi connectivity index (χ3v) is 5.07. The predicted octanol–water partition coefficient (Wildman–Crippen LogP) is 3.55. The van der Waals surface area contributed by atoms with Crippen molar-refractivity contribution in [1.29, 1.82) is 0 Å². The fourth-order valence-corrected chi connectivity index (χ4v) is 3.40. The van der Waals surface area contributed by atoms with Crippen molar-refractivity contribution in [2.75, 3.05) is 10.6 Å². The van der Waals surface area contributed by atoms with Crippen LogP contribution in [0.1, 0.15) is 22.6 Å². The van der Waals surface area contributed by atoms with E-state index >= 15 is 0 Å². The summed E-state index contributed by atoms with van der Waals surface area (Å²) in [6.07, 6.45) is 1.18. The lowest BCUT2D eigenvalue weighted by molar-refractivity contribution is -0.136. The number of halogens is 2. The second kappa shape index (κ2) is 12.0. The molecule has 36 heavy (non-hydrogen) atoms. The van der Waals surface area contributed by atoms with Crippen LogP contribution in [0, 0.1) is 13.8 Å². The Labute approximate surface area is 216 Å². The first kappa shape index (κ1) is 26.5. The zero-order valence-electron chi connectivity index (χ0n) is 19.1. The third-order valence-electron chi connectivity index (χ3n) is 4.64. The van der Waals surface area contributed by atoms with Crippen molar-refractivity contribution >= 4 is 64.4 Å². The van der Waals surface area contributed by atoms with Crippen molar-refractivity contribution in [2.45, 2.75) is 20.4 Å². The predicted molar refractivity (Wildman–Crippen MR) is 136 cm³/mol. The average Bonchev–Trinajstić information content (AvgIpc) is 3.26. The highest BCUT2D eigenvalue weighted by Crippen LogP contribution is 2.22. The number of amides is 4. The molecule has 3 rings (SSSR count). The van der Waals surface area contributed by atoms with E-state index in [1.165, 1.54) is 30.5 Å². The van der Waals surface area contributed by atoms with Gasteiger partial charge in [0.15, 0.2) is 0 Å². The van der Waals surface area contributed by atoms with E-state index in [2.05, 4.69) is 26.5 Å². The molecule has 0 saturated carbocycles. The van der Waals surface area contributed by atoms with Gasteiger partial charge >= 0.3 is 23.6 Å². The summed E-state index contributed by atoms with van der Waals surface area (Å²) in [4.78, 5) is 48.1. The molecule has 0 fully saturated rings. The topological polar surface area (TPSA) is 142 Å². The molecule has 12 heteroatoms. The van der Waals surface area contributed by atoms with Gasteiger partial charge in [-0.1, -0.05) is 35.3 Å². The molecule has 2 aromatic carbocycles. The highest BCUT2D eigenvalue weighted by molar-refractivity contribution is 6.40. The lowest BCUT2D eigenvalue weighted by Gasteiger charge is -2.08. The van der Waals surface area contributed by atoms with E-state index in [1.54, 1.807) is 12.1 Å². The summed E-state index contributed by atoms with van der Waals surface area (Å²) in [7, 11) is 0. The molecule has 0 radical (unpaired) electrons. The second-order valence-electron chi connectivity index (χ2n) is 7.57. The number of aryl methyl sites for hydroxylation is 2. The van der Waals surface area contributed by atoms with Gasteiger partial charge in [-0.05, 0) is 61.4 Å². The first-order chi connectivity index (χ1) is 17.1. The van der Waals surface area contributed by atoms with Crippen LogP contribution in [-0.4, -0.2) is 29.8 Å². The maximum atomic E-state index is 12.1. The van der Waals surface area contributed by atoms with Crippen LogP contribution in [0.4, 0.5) is 11.4 Å². The Balaban J connectivity index is 1.46. The van der Waals surface area contributed by atoms with Crippen molar-refractivity contribution in [3.63, 3.8) is 0 Å². The van der Waals surface area contributed by atoms with Crippen molar-refractivity contribution in [2.24, 2.45) is 5.10 Å². The number of carbonyl (C=O) groups excluding carboxylic acids is 4. The minimum Gasteiger partial charge on any atom is -0.458 e. The van der Waals surface area contributed by atoms with Crippen LogP contribution >= 0.6 is 23.2 Å². The number of nitrogens with one attached hydrogen (secondary N) is 4. The Morgan fingerprint density at radius 3 is 2.28 bits per heavy atom. The summed E-state index contributed by atoms with van der Waals surface area (Å²) in [5, 5.41) is 11.6. The molecule has 1 aromatic heterocycles. The van der Waals surface area contributed by atoms with Crippen molar-refractivity contribution in [1.82, 2.24) is 10.7 Å². The van der Waals surface area contributed by atoms with E-state index in [1.807, 2.05) is 26.0 Å². The zero-order valence-corrected chi connectivity index (χ0v) is 20.7. The third kappa shape index (κ3) is 7.69. The van der Waals surface area contributed by atoms with Crippen molar-refractivity contribution in [3.05, 3.63) is 81.2 Å². The van der Waals surface area contributed by atoms with E-state index in [4.69, 9.17) is 27.6 Å². The molecule has 4 amide bonds. The lowest BCUT2D eigenvalue weighted by atomic mass is 10.1. The number of hydrogen-bond donors (Lipinski definition) is 4. The molecule has 0 spiro atoms. The SMILES string of the molecule is Cc1ccc(C)c(NC(=O)C(=O)N/N=C/c2ccc(CNC(=O)C(=O)Nc3cc(Cl)cc(Cl)c3)o2)c1. The van der Waals surface area contributed by atoms with Crippen molar-refractivity contribution < 1.29 is 23.6 Å². The number of nitrogens with zero attached hydrogens (tertiary/aromatic N) is 1. The second-order valence-corrected chi connectivity index (χ2v) is 8.44. The molecule has 0 bridgehead atoms.